The molecule has 0 aliphatic carbocycles. The van der Waals surface area contributed by atoms with Crippen molar-refractivity contribution in [3.05, 3.63) is 0 Å². The SMILES string of the molecule is O=S([O-])[O-].[Ca+2].[H-].[H-].[Mg+2]. The minimum atomic E-state index is -3.11. The standard InChI is InChI=1S/Ca.Mg.H2O3S.2H/c;;1-4(2)3;;/h;;(H2,1,2,3);;/q2*+2;;2*-1/p-2. The average molecular weight is 146 g/mol. The van der Waals surface area contributed by atoms with Gasteiger partial charge in [-0.25, -0.2) is 0 Å². The fourth-order valence-corrected chi connectivity index (χ4v) is 0. The summed E-state index contributed by atoms with van der Waals surface area (Å²) in [4.78, 5) is 0. The molecule has 6 heteroatoms. The quantitative estimate of drug-likeness (QED) is 0.307. The molecule has 0 bridgehead atoms. The fraction of sp³-hybridized carbons (Fsp3) is 0. The number of hydrogen-bond acceptors (Lipinski definition) is 3. The maximum absolute atomic E-state index is 8.44. The van der Waals surface area contributed by atoms with Gasteiger partial charge < -0.3 is 12.0 Å². The van der Waals surface area contributed by atoms with Crippen molar-refractivity contribution in [2.24, 2.45) is 0 Å². The summed E-state index contributed by atoms with van der Waals surface area (Å²) in [6.45, 7) is 0. The van der Waals surface area contributed by atoms with E-state index in [-0.39, 0.29) is 63.6 Å². The van der Waals surface area contributed by atoms with Crippen LogP contribution in [0, 0.1) is 0 Å². The van der Waals surface area contributed by atoms with Crippen LogP contribution in [-0.2, 0) is 11.4 Å². The van der Waals surface area contributed by atoms with E-state index in [1.165, 1.54) is 0 Å². The Labute approximate surface area is 87.1 Å². The van der Waals surface area contributed by atoms with Crippen molar-refractivity contribution in [3.63, 3.8) is 0 Å². The molecule has 0 N–H and O–H groups in total. The maximum atomic E-state index is 8.44. The van der Waals surface area contributed by atoms with Gasteiger partial charge in [-0.15, -0.1) is 11.4 Å². The summed E-state index contributed by atoms with van der Waals surface area (Å²) in [5, 5.41) is 0. The Morgan fingerprint density at radius 2 is 1.50 bits per heavy atom. The van der Waals surface area contributed by atoms with Crippen LogP contribution in [0.2, 0.25) is 0 Å². The molecule has 0 aliphatic heterocycles. The summed E-state index contributed by atoms with van der Waals surface area (Å²) in [5.74, 6) is 0. The zero-order chi connectivity index (χ0) is 3.58. The van der Waals surface area contributed by atoms with Gasteiger partial charge in [0.2, 0.25) is 0 Å². The van der Waals surface area contributed by atoms with E-state index in [2.05, 4.69) is 0 Å². The first-order valence-electron chi connectivity index (χ1n) is 0.500. The van der Waals surface area contributed by atoms with E-state index in [0.29, 0.717) is 0 Å². The van der Waals surface area contributed by atoms with Crippen molar-refractivity contribution < 1.29 is 16.2 Å². The van der Waals surface area contributed by atoms with Gasteiger partial charge in [-0.05, 0) is 0 Å². The molecule has 0 aromatic carbocycles. The van der Waals surface area contributed by atoms with Crippen LogP contribution in [0.4, 0.5) is 0 Å². The van der Waals surface area contributed by atoms with Crippen molar-refractivity contribution in [2.45, 2.75) is 0 Å². The van der Waals surface area contributed by atoms with Gasteiger partial charge in [0, 0.05) is 0 Å². The molecule has 3 nitrogen and oxygen atoms in total. The number of hydrogen-bond donors (Lipinski definition) is 0. The Morgan fingerprint density at radius 3 is 1.50 bits per heavy atom. The van der Waals surface area contributed by atoms with Crippen LogP contribution in [0.15, 0.2) is 0 Å². The minimum Gasteiger partial charge on any atom is -1.00 e. The number of rotatable bonds is 0. The third kappa shape index (κ3) is 36.0. The predicted octanol–water partition coefficient (Wildman–Crippen LogP) is -1.54. The molecule has 0 saturated heterocycles. The van der Waals surface area contributed by atoms with E-state index in [1.54, 1.807) is 0 Å². The van der Waals surface area contributed by atoms with Gasteiger partial charge in [0.15, 0.2) is 0 Å². The van der Waals surface area contributed by atoms with Gasteiger partial charge in [-0.3, -0.25) is 4.21 Å². The van der Waals surface area contributed by atoms with E-state index in [9.17, 15) is 0 Å². The first kappa shape index (κ1) is 15.7. The first-order valence-corrected chi connectivity index (χ1v) is 1.50. The Kier molecular flexibility index (Phi) is 26.6. The third-order valence-corrected chi connectivity index (χ3v) is 0. The Morgan fingerprint density at radius 1 is 1.50 bits per heavy atom. The molecule has 0 radical (unpaired) electrons. The van der Waals surface area contributed by atoms with E-state index in [4.69, 9.17) is 13.3 Å². The van der Waals surface area contributed by atoms with Crippen LogP contribution in [0.3, 0.4) is 0 Å². The third-order valence-electron chi connectivity index (χ3n) is 0. The Balaban J connectivity index is -0.00000000750. The second kappa shape index (κ2) is 10.2. The van der Waals surface area contributed by atoms with Crippen molar-refractivity contribution in [1.82, 2.24) is 0 Å². The topological polar surface area (TPSA) is 63.2 Å². The van der Waals surface area contributed by atoms with Crippen molar-refractivity contribution in [3.8, 4) is 0 Å². The molecule has 0 aromatic rings. The second-order valence-electron chi connectivity index (χ2n) is 0.204. The molecule has 0 fully saturated rings. The van der Waals surface area contributed by atoms with E-state index < -0.39 is 11.4 Å². The summed E-state index contributed by atoms with van der Waals surface area (Å²) in [5.41, 5.74) is 0. The second-order valence-corrected chi connectivity index (χ2v) is 0.612. The smallest absolute Gasteiger partial charge is 1.00 e. The molecular weight excluding hydrogens is 144 g/mol. The summed E-state index contributed by atoms with van der Waals surface area (Å²) < 4.78 is 25.3. The molecule has 0 spiro atoms. The van der Waals surface area contributed by atoms with Gasteiger partial charge in [0.05, 0.1) is 0 Å². The summed E-state index contributed by atoms with van der Waals surface area (Å²) in [6.07, 6.45) is 0. The molecule has 0 unspecified atom stereocenters. The molecule has 0 amide bonds. The van der Waals surface area contributed by atoms with Crippen molar-refractivity contribution in [2.75, 3.05) is 0 Å². The van der Waals surface area contributed by atoms with Crippen molar-refractivity contribution >= 4 is 72.2 Å². The van der Waals surface area contributed by atoms with E-state index >= 15 is 0 Å². The van der Waals surface area contributed by atoms with Gasteiger partial charge in [-0.2, -0.15) is 0 Å². The largest absolute Gasteiger partial charge is 2.00 e. The van der Waals surface area contributed by atoms with Gasteiger partial charge in [0.25, 0.3) is 0 Å². The molecule has 0 aromatic heterocycles. The summed E-state index contributed by atoms with van der Waals surface area (Å²) >= 11 is -3.11. The van der Waals surface area contributed by atoms with Crippen LogP contribution in [0.1, 0.15) is 2.85 Å². The van der Waals surface area contributed by atoms with E-state index in [1.807, 2.05) is 0 Å². The van der Waals surface area contributed by atoms with Crippen LogP contribution in [-0.4, -0.2) is 74.1 Å². The molecule has 30 valence electrons. The normalized spacial score (nSPS) is 5.83. The minimum absolute atomic E-state index is 0. The molecule has 0 saturated carbocycles. The maximum Gasteiger partial charge on any atom is 2.00 e. The molecule has 0 heterocycles. The summed E-state index contributed by atoms with van der Waals surface area (Å²) in [6, 6.07) is 0. The van der Waals surface area contributed by atoms with E-state index in [0.717, 1.165) is 0 Å². The molecule has 0 rings (SSSR count). The van der Waals surface area contributed by atoms with Crippen LogP contribution < -0.4 is 0 Å². The zero-order valence-electron chi connectivity index (χ0n) is 5.05. The Hall–Kier alpha value is 2.10. The molecule has 6 heavy (non-hydrogen) atoms. The Bertz CT molecular complexity index is 40.3. The molecular formula is H2CaMgO3S. The van der Waals surface area contributed by atoms with Crippen molar-refractivity contribution in [1.29, 1.82) is 0 Å². The molecule has 0 atom stereocenters. The predicted molar refractivity (Wildman–Crippen MR) is 23.4 cm³/mol. The van der Waals surface area contributed by atoms with Gasteiger partial charge >= 0.3 is 60.8 Å². The van der Waals surface area contributed by atoms with Crippen LogP contribution in [0.5, 0.6) is 0 Å². The van der Waals surface area contributed by atoms with Crippen LogP contribution in [0.25, 0.3) is 0 Å². The zero-order valence-corrected chi connectivity index (χ0v) is 7.49. The van der Waals surface area contributed by atoms with Gasteiger partial charge in [-0.1, -0.05) is 0 Å². The fourth-order valence-electron chi connectivity index (χ4n) is 0. The summed E-state index contributed by atoms with van der Waals surface area (Å²) in [7, 11) is 0. The van der Waals surface area contributed by atoms with Gasteiger partial charge in [0.1, 0.15) is 0 Å². The molecule has 0 aliphatic rings. The van der Waals surface area contributed by atoms with Crippen LogP contribution >= 0.6 is 0 Å². The average Bonchev–Trinajstić information content (AvgIpc) is 0.811. The first-order chi connectivity index (χ1) is 1.73. The monoisotopic (exact) mass is 146 g/mol.